The van der Waals surface area contributed by atoms with Crippen LogP contribution in [0.25, 0.3) is 0 Å². The van der Waals surface area contributed by atoms with Crippen LogP contribution in [0.2, 0.25) is 0 Å². The molecule has 4 nitrogen and oxygen atoms in total. The van der Waals surface area contributed by atoms with E-state index in [1.54, 1.807) is 0 Å². The van der Waals surface area contributed by atoms with Crippen molar-refractivity contribution in [3.8, 4) is 0 Å². The molecule has 2 aliphatic rings. The maximum absolute atomic E-state index is 12.2. The Balaban J connectivity index is 1.96. The van der Waals surface area contributed by atoms with Gasteiger partial charge in [-0.2, -0.15) is 0 Å². The molecule has 1 spiro atoms. The molecule has 17 heavy (non-hydrogen) atoms. The summed E-state index contributed by atoms with van der Waals surface area (Å²) < 4.78 is 11.5. The third-order valence-electron chi connectivity index (χ3n) is 3.68. The summed E-state index contributed by atoms with van der Waals surface area (Å²) in [6, 6.07) is 0. The first-order valence-electron chi connectivity index (χ1n) is 6.56. The number of hydrogen-bond donors (Lipinski definition) is 1. The Kier molecular flexibility index (Phi) is 3.88. The van der Waals surface area contributed by atoms with Crippen LogP contribution in [0.15, 0.2) is 0 Å². The highest BCUT2D eigenvalue weighted by molar-refractivity contribution is 7.84. The van der Waals surface area contributed by atoms with E-state index < -0.39 is 10.8 Å². The van der Waals surface area contributed by atoms with Gasteiger partial charge in [0, 0.05) is 28.9 Å². The number of hydrogen-bond acceptors (Lipinski definition) is 3. The highest BCUT2D eigenvalue weighted by Gasteiger charge is 2.58. The monoisotopic (exact) mass is 258 g/mol. The van der Waals surface area contributed by atoms with E-state index in [2.05, 4.69) is 12.2 Å². The van der Waals surface area contributed by atoms with Gasteiger partial charge < -0.3 is 4.90 Å². The summed E-state index contributed by atoms with van der Waals surface area (Å²) in [5.41, 5.74) is -0.229. The maximum atomic E-state index is 12.2. The average molecular weight is 258 g/mol. The summed E-state index contributed by atoms with van der Waals surface area (Å²) in [5.74, 6) is 1.53. The fourth-order valence-electron chi connectivity index (χ4n) is 2.46. The van der Waals surface area contributed by atoms with Crippen LogP contribution in [0.1, 0.15) is 39.5 Å². The van der Waals surface area contributed by atoms with Crippen LogP contribution < -0.4 is 5.32 Å². The number of rotatable bonds is 6. The molecule has 1 heterocycles. The Morgan fingerprint density at radius 1 is 1.47 bits per heavy atom. The summed E-state index contributed by atoms with van der Waals surface area (Å²) in [6.07, 6.45) is 4.17. The SMILES string of the molecule is CCCC1NC2(CC2)C(=O)N1CCS(=O)CC. The van der Waals surface area contributed by atoms with Crippen LogP contribution in [0, 0.1) is 0 Å². The molecule has 1 aliphatic carbocycles. The van der Waals surface area contributed by atoms with Gasteiger partial charge in [-0.05, 0) is 19.3 Å². The number of nitrogens with zero attached hydrogens (tertiary/aromatic N) is 1. The molecule has 98 valence electrons. The molecule has 1 N–H and O–H groups in total. The van der Waals surface area contributed by atoms with E-state index in [0.29, 0.717) is 18.1 Å². The molecule has 1 amide bonds. The third kappa shape index (κ3) is 2.55. The Labute approximate surface area is 106 Å². The Morgan fingerprint density at radius 3 is 2.71 bits per heavy atom. The minimum atomic E-state index is -0.783. The van der Waals surface area contributed by atoms with Crippen molar-refractivity contribution in [2.75, 3.05) is 18.1 Å². The van der Waals surface area contributed by atoms with Gasteiger partial charge in [0.25, 0.3) is 0 Å². The molecular weight excluding hydrogens is 236 g/mol. The molecule has 1 aliphatic heterocycles. The van der Waals surface area contributed by atoms with Gasteiger partial charge in [-0.3, -0.25) is 14.3 Å². The van der Waals surface area contributed by atoms with Gasteiger partial charge >= 0.3 is 0 Å². The zero-order valence-electron chi connectivity index (χ0n) is 10.7. The van der Waals surface area contributed by atoms with E-state index in [9.17, 15) is 9.00 Å². The second-order valence-electron chi connectivity index (χ2n) is 4.96. The molecule has 0 aromatic rings. The zero-order chi connectivity index (χ0) is 12.5. The van der Waals surface area contributed by atoms with Gasteiger partial charge in [-0.15, -0.1) is 0 Å². The third-order valence-corrected chi connectivity index (χ3v) is 4.97. The fraction of sp³-hybridized carbons (Fsp3) is 0.917. The molecule has 2 unspecified atom stereocenters. The van der Waals surface area contributed by atoms with Crippen LogP contribution in [0.4, 0.5) is 0 Å². The van der Waals surface area contributed by atoms with E-state index in [4.69, 9.17) is 0 Å². The van der Waals surface area contributed by atoms with E-state index in [1.807, 2.05) is 11.8 Å². The van der Waals surface area contributed by atoms with Crippen LogP contribution in [0.3, 0.4) is 0 Å². The van der Waals surface area contributed by atoms with Gasteiger partial charge in [0.15, 0.2) is 0 Å². The normalized spacial score (nSPS) is 27.8. The van der Waals surface area contributed by atoms with Gasteiger partial charge in [-0.25, -0.2) is 0 Å². The summed E-state index contributed by atoms with van der Waals surface area (Å²) in [4.78, 5) is 14.2. The predicted molar refractivity (Wildman–Crippen MR) is 69.1 cm³/mol. The van der Waals surface area contributed by atoms with E-state index in [1.165, 1.54) is 0 Å². The molecule has 1 saturated carbocycles. The van der Waals surface area contributed by atoms with Crippen molar-refractivity contribution in [3.63, 3.8) is 0 Å². The van der Waals surface area contributed by atoms with Gasteiger partial charge in [0.2, 0.25) is 5.91 Å². The summed E-state index contributed by atoms with van der Waals surface area (Å²) >= 11 is 0. The quantitative estimate of drug-likeness (QED) is 0.768. The first-order valence-corrected chi connectivity index (χ1v) is 8.05. The average Bonchev–Trinajstić information content (AvgIpc) is 3.04. The molecular formula is C12H22N2O2S. The minimum Gasteiger partial charge on any atom is -0.325 e. The van der Waals surface area contributed by atoms with Crippen molar-refractivity contribution in [1.82, 2.24) is 10.2 Å². The number of nitrogens with one attached hydrogen (secondary N) is 1. The molecule has 0 aromatic heterocycles. The molecule has 2 atom stereocenters. The summed E-state index contributed by atoms with van der Waals surface area (Å²) in [6.45, 7) is 4.69. The second kappa shape index (κ2) is 5.06. The summed E-state index contributed by atoms with van der Waals surface area (Å²) in [7, 11) is -0.783. The second-order valence-corrected chi connectivity index (χ2v) is 6.83. The zero-order valence-corrected chi connectivity index (χ0v) is 11.5. The molecule has 5 heteroatoms. The number of carbonyl (C=O) groups is 1. The van der Waals surface area contributed by atoms with Crippen LogP contribution in [-0.2, 0) is 15.6 Å². The van der Waals surface area contributed by atoms with Crippen LogP contribution >= 0.6 is 0 Å². The Hall–Kier alpha value is -0.420. The van der Waals surface area contributed by atoms with Crippen molar-refractivity contribution < 1.29 is 9.00 Å². The highest BCUT2D eigenvalue weighted by atomic mass is 32.2. The lowest BCUT2D eigenvalue weighted by Crippen LogP contribution is -2.39. The van der Waals surface area contributed by atoms with E-state index >= 15 is 0 Å². The highest BCUT2D eigenvalue weighted by Crippen LogP contribution is 2.42. The molecule has 2 rings (SSSR count). The summed E-state index contributed by atoms with van der Waals surface area (Å²) in [5, 5.41) is 3.46. The number of amides is 1. The predicted octanol–water partition coefficient (Wildman–Crippen LogP) is 0.846. The van der Waals surface area contributed by atoms with Crippen LogP contribution in [0.5, 0.6) is 0 Å². The van der Waals surface area contributed by atoms with Crippen LogP contribution in [-0.4, -0.2) is 44.8 Å². The molecule has 1 saturated heterocycles. The number of carbonyl (C=O) groups excluding carboxylic acids is 1. The topological polar surface area (TPSA) is 49.4 Å². The van der Waals surface area contributed by atoms with Gasteiger partial charge in [-0.1, -0.05) is 20.3 Å². The molecule has 0 radical (unpaired) electrons. The van der Waals surface area contributed by atoms with Crippen molar-refractivity contribution in [2.45, 2.75) is 51.2 Å². The molecule has 2 fully saturated rings. The van der Waals surface area contributed by atoms with Crippen molar-refractivity contribution in [1.29, 1.82) is 0 Å². The lowest BCUT2D eigenvalue weighted by atomic mass is 10.2. The maximum Gasteiger partial charge on any atom is 0.244 e. The first-order chi connectivity index (χ1) is 8.13. The largest absolute Gasteiger partial charge is 0.325 e. The van der Waals surface area contributed by atoms with Crippen molar-refractivity contribution in [2.24, 2.45) is 0 Å². The minimum absolute atomic E-state index is 0.170. The van der Waals surface area contributed by atoms with E-state index in [-0.39, 0.29) is 17.6 Å². The fourth-order valence-corrected chi connectivity index (χ4v) is 3.15. The first kappa shape index (κ1) is 13.0. The van der Waals surface area contributed by atoms with Gasteiger partial charge in [0.05, 0.1) is 11.7 Å². The van der Waals surface area contributed by atoms with E-state index in [0.717, 1.165) is 25.7 Å². The smallest absolute Gasteiger partial charge is 0.244 e. The molecule has 0 aromatic carbocycles. The Bertz CT molecular complexity index is 328. The van der Waals surface area contributed by atoms with Gasteiger partial charge in [0.1, 0.15) is 0 Å². The Morgan fingerprint density at radius 2 is 2.18 bits per heavy atom. The lowest BCUT2D eigenvalue weighted by molar-refractivity contribution is -0.130. The van der Waals surface area contributed by atoms with Crippen molar-refractivity contribution >= 4 is 16.7 Å². The lowest BCUT2D eigenvalue weighted by Gasteiger charge is -2.23. The van der Waals surface area contributed by atoms with Crippen molar-refractivity contribution in [3.05, 3.63) is 0 Å². The standard InChI is InChI=1S/C12H22N2O2S/c1-3-5-10-13-12(6-7-12)11(15)14(10)8-9-17(16)4-2/h10,13H,3-9H2,1-2H3. The molecule has 0 bridgehead atoms.